The van der Waals surface area contributed by atoms with Gasteiger partial charge in [-0.25, -0.2) is 4.98 Å². The molecule has 0 aromatic carbocycles. The zero-order valence-corrected chi connectivity index (χ0v) is 15.4. The normalized spacial score (nSPS) is 26.3. The Kier molecular flexibility index (Phi) is 4.63. The summed E-state index contributed by atoms with van der Waals surface area (Å²) >= 11 is 0. The van der Waals surface area contributed by atoms with Crippen LogP contribution in [0, 0.1) is 5.41 Å². The van der Waals surface area contributed by atoms with Crippen molar-refractivity contribution in [3.63, 3.8) is 0 Å². The third-order valence-electron chi connectivity index (χ3n) is 6.12. The Bertz CT molecular complexity index is 809. The summed E-state index contributed by atoms with van der Waals surface area (Å²) in [5, 5.41) is 10.7. The molecule has 8 nitrogen and oxygen atoms in total. The highest BCUT2D eigenvalue weighted by molar-refractivity contribution is 5.96. The number of H-pyrrole nitrogens is 1. The van der Waals surface area contributed by atoms with E-state index in [-0.39, 0.29) is 23.9 Å². The number of amides is 2. The van der Waals surface area contributed by atoms with E-state index in [4.69, 9.17) is 0 Å². The average Bonchev–Trinajstić information content (AvgIpc) is 3.43. The summed E-state index contributed by atoms with van der Waals surface area (Å²) in [6.07, 6.45) is 10.4. The molecule has 3 atom stereocenters. The van der Waals surface area contributed by atoms with Crippen LogP contribution in [0.3, 0.4) is 0 Å². The zero-order valence-electron chi connectivity index (χ0n) is 15.4. The number of rotatable bonds is 6. The summed E-state index contributed by atoms with van der Waals surface area (Å²) in [6.45, 7) is 2.61. The Hall–Kier alpha value is -2.77. The van der Waals surface area contributed by atoms with Gasteiger partial charge in [0.15, 0.2) is 0 Å². The van der Waals surface area contributed by atoms with E-state index >= 15 is 0 Å². The molecule has 4 rings (SSSR count). The molecule has 8 heteroatoms. The molecular formula is C19H24N6O2. The maximum atomic E-state index is 13.1. The Morgan fingerprint density at radius 3 is 2.93 bits per heavy atom. The molecule has 0 aliphatic carbocycles. The summed E-state index contributed by atoms with van der Waals surface area (Å²) in [5.74, 6) is 0.0142. The lowest BCUT2D eigenvalue weighted by atomic mass is 9.71. The summed E-state index contributed by atoms with van der Waals surface area (Å²) in [7, 11) is 0. The molecule has 2 aliphatic heterocycles. The molecule has 0 saturated carbocycles. The van der Waals surface area contributed by atoms with E-state index in [1.165, 1.54) is 12.4 Å². The third kappa shape index (κ3) is 2.98. The number of nitrogens with one attached hydrogen (secondary N) is 2. The van der Waals surface area contributed by atoms with Crippen LogP contribution in [-0.4, -0.2) is 55.5 Å². The van der Waals surface area contributed by atoms with E-state index in [9.17, 15) is 9.59 Å². The maximum Gasteiger partial charge on any atom is 0.256 e. The van der Waals surface area contributed by atoms with Gasteiger partial charge in [0, 0.05) is 36.9 Å². The number of carbonyl (C=O) groups excluding carboxylic acids is 2. The van der Waals surface area contributed by atoms with Gasteiger partial charge in [0.05, 0.1) is 29.7 Å². The van der Waals surface area contributed by atoms with Gasteiger partial charge in [-0.2, -0.15) is 10.2 Å². The van der Waals surface area contributed by atoms with E-state index < -0.39 is 5.41 Å². The van der Waals surface area contributed by atoms with E-state index in [1.807, 2.05) is 11.8 Å². The highest BCUT2D eigenvalue weighted by atomic mass is 16.2. The van der Waals surface area contributed by atoms with Gasteiger partial charge in [-0.1, -0.05) is 6.92 Å². The fourth-order valence-electron chi connectivity index (χ4n) is 4.75. The molecule has 2 aliphatic rings. The molecule has 2 saturated heterocycles. The Morgan fingerprint density at radius 2 is 2.22 bits per heavy atom. The van der Waals surface area contributed by atoms with Crippen LogP contribution in [0.15, 0.2) is 31.0 Å². The van der Waals surface area contributed by atoms with E-state index in [1.54, 1.807) is 18.6 Å². The number of imidazole rings is 1. The highest BCUT2D eigenvalue weighted by Crippen LogP contribution is 2.52. The number of carbonyl (C=O) groups is 2. The molecular weight excluding hydrogens is 344 g/mol. The second kappa shape index (κ2) is 7.09. The molecule has 27 heavy (non-hydrogen) atoms. The van der Waals surface area contributed by atoms with Gasteiger partial charge in [0.1, 0.15) is 0 Å². The second-order valence-corrected chi connectivity index (χ2v) is 7.39. The predicted octanol–water partition coefficient (Wildman–Crippen LogP) is 1.33. The van der Waals surface area contributed by atoms with E-state index in [2.05, 4.69) is 25.5 Å². The van der Waals surface area contributed by atoms with Crippen molar-refractivity contribution in [2.45, 2.75) is 51.1 Å². The fourth-order valence-corrected chi connectivity index (χ4v) is 4.75. The van der Waals surface area contributed by atoms with Gasteiger partial charge in [0.2, 0.25) is 5.91 Å². The largest absolute Gasteiger partial charge is 0.355 e. The van der Waals surface area contributed by atoms with E-state index in [0.717, 1.165) is 31.4 Å². The van der Waals surface area contributed by atoms with Crippen molar-refractivity contribution in [3.05, 3.63) is 42.2 Å². The summed E-state index contributed by atoms with van der Waals surface area (Å²) < 4.78 is 0. The van der Waals surface area contributed by atoms with Crippen molar-refractivity contribution in [2.75, 3.05) is 6.54 Å². The summed E-state index contributed by atoms with van der Waals surface area (Å²) in [5.41, 5.74) is 1.02. The van der Waals surface area contributed by atoms with Gasteiger partial charge >= 0.3 is 0 Å². The maximum absolute atomic E-state index is 13.1. The fraction of sp³-hybridized carbons (Fsp3) is 0.526. The Morgan fingerprint density at radius 1 is 1.33 bits per heavy atom. The van der Waals surface area contributed by atoms with Crippen molar-refractivity contribution < 1.29 is 9.59 Å². The van der Waals surface area contributed by atoms with Crippen molar-refractivity contribution in [2.24, 2.45) is 5.41 Å². The van der Waals surface area contributed by atoms with Crippen LogP contribution in [0.4, 0.5) is 0 Å². The number of nitrogens with zero attached hydrogens (tertiary/aromatic N) is 4. The van der Waals surface area contributed by atoms with Gasteiger partial charge < -0.3 is 15.2 Å². The van der Waals surface area contributed by atoms with Crippen molar-refractivity contribution >= 4 is 11.8 Å². The summed E-state index contributed by atoms with van der Waals surface area (Å²) in [4.78, 5) is 35.1. The van der Waals surface area contributed by atoms with Crippen molar-refractivity contribution in [1.29, 1.82) is 0 Å². The quantitative estimate of drug-likeness (QED) is 0.801. The molecule has 2 aromatic rings. The Balaban J connectivity index is 1.48. The lowest BCUT2D eigenvalue weighted by Gasteiger charge is -2.35. The molecule has 4 heterocycles. The van der Waals surface area contributed by atoms with Crippen LogP contribution in [0.2, 0.25) is 0 Å². The first kappa shape index (κ1) is 17.6. The first-order valence-corrected chi connectivity index (χ1v) is 9.50. The van der Waals surface area contributed by atoms with Crippen LogP contribution < -0.4 is 5.32 Å². The number of hydrogen-bond acceptors (Lipinski definition) is 5. The van der Waals surface area contributed by atoms with Gasteiger partial charge in [-0.05, 0) is 31.7 Å². The van der Waals surface area contributed by atoms with Crippen LogP contribution in [0.1, 0.15) is 48.7 Å². The summed E-state index contributed by atoms with van der Waals surface area (Å²) in [6, 6.07) is 1.75. The second-order valence-electron chi connectivity index (χ2n) is 7.39. The molecule has 2 amide bonds. The molecule has 142 valence electrons. The highest BCUT2D eigenvalue weighted by Gasteiger charge is 2.60. The van der Waals surface area contributed by atoms with Gasteiger partial charge in [-0.3, -0.25) is 9.59 Å². The molecule has 2 N–H and O–H groups in total. The standard InChI is InChI=1S/C19H24N6O2/c1-2-19(18(27)21-7-6-14-11-20-12-22-14)9-15-3-4-16(19)25(15)17(26)13-5-8-23-24-10-13/h5,8,10-12,15-16H,2-4,6-7,9H2,1H3,(H,20,22)(H,21,27)/t15-,16+,19+/m1/s1. The molecule has 0 spiro atoms. The number of aromatic amines is 1. The molecule has 2 aromatic heterocycles. The van der Waals surface area contributed by atoms with Crippen molar-refractivity contribution in [1.82, 2.24) is 30.4 Å². The number of hydrogen-bond donors (Lipinski definition) is 2. The topological polar surface area (TPSA) is 104 Å². The van der Waals surface area contributed by atoms with Crippen molar-refractivity contribution in [3.8, 4) is 0 Å². The molecule has 2 bridgehead atoms. The molecule has 2 fully saturated rings. The van der Waals surface area contributed by atoms with Crippen LogP contribution in [0.25, 0.3) is 0 Å². The average molecular weight is 368 g/mol. The third-order valence-corrected chi connectivity index (χ3v) is 6.12. The molecule has 0 radical (unpaired) electrons. The first-order valence-electron chi connectivity index (χ1n) is 9.50. The monoisotopic (exact) mass is 368 g/mol. The lowest BCUT2D eigenvalue weighted by molar-refractivity contribution is -0.132. The minimum atomic E-state index is -0.507. The van der Waals surface area contributed by atoms with Gasteiger partial charge in [-0.15, -0.1) is 0 Å². The van der Waals surface area contributed by atoms with Gasteiger partial charge in [0.25, 0.3) is 5.91 Å². The zero-order chi connectivity index (χ0) is 18.9. The predicted molar refractivity (Wildman–Crippen MR) is 97.7 cm³/mol. The smallest absolute Gasteiger partial charge is 0.256 e. The Labute approximate surface area is 157 Å². The van der Waals surface area contributed by atoms with Crippen LogP contribution in [-0.2, 0) is 11.2 Å². The SMILES string of the molecule is CC[C@]1(C(=O)NCCc2cnc[nH]2)C[C@H]2CC[C@@H]1N2C(=O)c1ccnnc1. The van der Waals surface area contributed by atoms with Crippen LogP contribution in [0.5, 0.6) is 0 Å². The number of fused-ring (bicyclic) bond motifs is 2. The van der Waals surface area contributed by atoms with E-state index in [0.29, 0.717) is 18.5 Å². The minimum absolute atomic E-state index is 0.0435. The first-order chi connectivity index (χ1) is 13.2. The lowest BCUT2D eigenvalue weighted by Crippen LogP contribution is -2.50. The number of aromatic nitrogens is 4. The van der Waals surface area contributed by atoms with Crippen LogP contribution >= 0.6 is 0 Å². The molecule has 0 unspecified atom stereocenters. The minimum Gasteiger partial charge on any atom is -0.355 e.